The average Bonchev–Trinajstić information content (AvgIpc) is 2.03. The summed E-state index contributed by atoms with van der Waals surface area (Å²) in [5.74, 6) is -0.585. The molecule has 0 amide bonds. The van der Waals surface area contributed by atoms with Gasteiger partial charge in [-0.2, -0.15) is 0 Å². The quantitative estimate of drug-likeness (QED) is 0.718. The van der Waals surface area contributed by atoms with Crippen LogP contribution in [0.3, 0.4) is 0 Å². The van der Waals surface area contributed by atoms with Gasteiger partial charge < -0.3 is 5.11 Å². The molecule has 70 valence electrons. The fourth-order valence-electron chi connectivity index (χ4n) is 0.908. The Labute approximate surface area is 73.0 Å². The van der Waals surface area contributed by atoms with Crippen LogP contribution in [0.4, 0.5) is 8.78 Å². The van der Waals surface area contributed by atoms with E-state index in [-0.39, 0.29) is 5.69 Å². The standard InChI is InChI=1S/C8H7F2NO2/c1-4-2-6(13)7(8(9)10)11-5(4)3-12/h2-3,8,13H,1H3. The summed E-state index contributed by atoms with van der Waals surface area (Å²) >= 11 is 0. The number of alkyl halides is 2. The van der Waals surface area contributed by atoms with Crippen molar-refractivity contribution in [2.75, 3.05) is 0 Å². The van der Waals surface area contributed by atoms with E-state index in [2.05, 4.69) is 4.98 Å². The molecule has 1 aromatic rings. The lowest BCUT2D eigenvalue weighted by Crippen LogP contribution is -1.98. The molecule has 0 spiro atoms. The second kappa shape index (κ2) is 3.47. The summed E-state index contributed by atoms with van der Waals surface area (Å²) in [6.07, 6.45) is -2.50. The molecule has 0 unspecified atom stereocenters. The molecule has 0 aromatic carbocycles. The SMILES string of the molecule is Cc1cc(O)c(C(F)F)nc1C=O. The number of carbonyl (C=O) groups excluding carboxylic acids is 1. The molecule has 0 aliphatic heterocycles. The Bertz CT molecular complexity index is 339. The molecule has 0 aliphatic rings. The van der Waals surface area contributed by atoms with Gasteiger partial charge in [-0.3, -0.25) is 4.79 Å². The van der Waals surface area contributed by atoms with Crippen LogP contribution in [0.1, 0.15) is 28.2 Å². The van der Waals surface area contributed by atoms with Crippen molar-refractivity contribution in [2.45, 2.75) is 13.3 Å². The van der Waals surface area contributed by atoms with Gasteiger partial charge >= 0.3 is 0 Å². The molecule has 0 atom stereocenters. The summed E-state index contributed by atoms with van der Waals surface area (Å²) in [6, 6.07) is 1.10. The molecule has 0 saturated carbocycles. The van der Waals surface area contributed by atoms with Crippen LogP contribution in [0.5, 0.6) is 5.75 Å². The van der Waals surface area contributed by atoms with Crippen molar-refractivity contribution in [3.63, 3.8) is 0 Å². The van der Waals surface area contributed by atoms with Crippen LogP contribution >= 0.6 is 0 Å². The van der Waals surface area contributed by atoms with Gasteiger partial charge in [0.25, 0.3) is 6.43 Å². The van der Waals surface area contributed by atoms with E-state index in [1.165, 1.54) is 6.92 Å². The highest BCUT2D eigenvalue weighted by molar-refractivity contribution is 5.74. The molecule has 1 rings (SSSR count). The highest BCUT2D eigenvalue weighted by Gasteiger charge is 2.16. The number of aromatic hydroxyl groups is 1. The zero-order chi connectivity index (χ0) is 10.0. The molecule has 0 saturated heterocycles. The van der Waals surface area contributed by atoms with E-state index in [4.69, 9.17) is 5.11 Å². The fourth-order valence-corrected chi connectivity index (χ4v) is 0.908. The lowest BCUT2D eigenvalue weighted by atomic mass is 10.2. The van der Waals surface area contributed by atoms with Gasteiger partial charge in [0.2, 0.25) is 0 Å². The van der Waals surface area contributed by atoms with Gasteiger partial charge in [0.05, 0.1) is 0 Å². The average molecular weight is 187 g/mol. The zero-order valence-corrected chi connectivity index (χ0v) is 6.79. The Morgan fingerprint density at radius 2 is 2.23 bits per heavy atom. The molecule has 13 heavy (non-hydrogen) atoms. The van der Waals surface area contributed by atoms with Crippen molar-refractivity contribution in [3.8, 4) is 5.75 Å². The number of halogens is 2. The maximum atomic E-state index is 12.1. The molecule has 1 heterocycles. The summed E-state index contributed by atoms with van der Waals surface area (Å²) in [5.41, 5.74) is -0.460. The van der Waals surface area contributed by atoms with E-state index in [0.717, 1.165) is 6.07 Å². The minimum Gasteiger partial charge on any atom is -0.506 e. The van der Waals surface area contributed by atoms with E-state index >= 15 is 0 Å². The Hall–Kier alpha value is -1.52. The van der Waals surface area contributed by atoms with Gasteiger partial charge in [-0.25, -0.2) is 13.8 Å². The third kappa shape index (κ3) is 1.80. The molecular formula is C8H7F2NO2. The Morgan fingerprint density at radius 1 is 1.62 bits per heavy atom. The Balaban J connectivity index is 3.30. The molecule has 0 radical (unpaired) electrons. The normalized spacial score (nSPS) is 10.5. The number of aryl methyl sites for hydroxylation is 1. The lowest BCUT2D eigenvalue weighted by Gasteiger charge is -2.04. The minimum atomic E-state index is -2.88. The number of hydrogen-bond donors (Lipinski definition) is 1. The van der Waals surface area contributed by atoms with Crippen molar-refractivity contribution >= 4 is 6.29 Å². The van der Waals surface area contributed by atoms with Gasteiger partial charge in [0.1, 0.15) is 17.1 Å². The maximum absolute atomic E-state index is 12.1. The van der Waals surface area contributed by atoms with Gasteiger partial charge in [-0.05, 0) is 18.6 Å². The molecule has 1 N–H and O–H groups in total. The first-order valence-electron chi connectivity index (χ1n) is 3.50. The van der Waals surface area contributed by atoms with Crippen LogP contribution in [-0.2, 0) is 0 Å². The van der Waals surface area contributed by atoms with Gasteiger partial charge in [-0.15, -0.1) is 0 Å². The largest absolute Gasteiger partial charge is 0.506 e. The van der Waals surface area contributed by atoms with E-state index in [9.17, 15) is 13.6 Å². The number of aromatic nitrogens is 1. The van der Waals surface area contributed by atoms with Crippen LogP contribution in [0.25, 0.3) is 0 Å². The lowest BCUT2D eigenvalue weighted by molar-refractivity contribution is 0.111. The second-order valence-electron chi connectivity index (χ2n) is 2.51. The predicted molar refractivity (Wildman–Crippen MR) is 41.0 cm³/mol. The summed E-state index contributed by atoms with van der Waals surface area (Å²) in [7, 11) is 0. The topological polar surface area (TPSA) is 50.2 Å². The fraction of sp³-hybridized carbons (Fsp3) is 0.250. The summed E-state index contributed by atoms with van der Waals surface area (Å²) < 4.78 is 24.3. The van der Waals surface area contributed by atoms with Gasteiger partial charge in [0.15, 0.2) is 6.29 Å². The molecule has 1 aromatic heterocycles. The van der Waals surface area contributed by atoms with Gasteiger partial charge in [0, 0.05) is 0 Å². The predicted octanol–water partition coefficient (Wildman–Crippen LogP) is 1.85. The summed E-state index contributed by atoms with van der Waals surface area (Å²) in [5, 5.41) is 9.02. The monoisotopic (exact) mass is 187 g/mol. The number of carbonyl (C=O) groups is 1. The van der Waals surface area contributed by atoms with Crippen molar-refractivity contribution in [3.05, 3.63) is 23.0 Å². The van der Waals surface area contributed by atoms with Gasteiger partial charge in [-0.1, -0.05) is 0 Å². The number of pyridine rings is 1. The highest BCUT2D eigenvalue weighted by atomic mass is 19.3. The summed E-state index contributed by atoms with van der Waals surface area (Å²) in [4.78, 5) is 13.6. The van der Waals surface area contributed by atoms with E-state index in [1.54, 1.807) is 0 Å². The van der Waals surface area contributed by atoms with Crippen molar-refractivity contribution in [2.24, 2.45) is 0 Å². The van der Waals surface area contributed by atoms with E-state index < -0.39 is 17.9 Å². The first-order chi connectivity index (χ1) is 6.06. The zero-order valence-electron chi connectivity index (χ0n) is 6.79. The van der Waals surface area contributed by atoms with Crippen LogP contribution in [0.2, 0.25) is 0 Å². The minimum absolute atomic E-state index is 0.0758. The molecule has 0 fully saturated rings. The van der Waals surface area contributed by atoms with Crippen LogP contribution in [-0.4, -0.2) is 16.4 Å². The molecule has 0 aliphatic carbocycles. The number of nitrogens with zero attached hydrogens (tertiary/aromatic N) is 1. The first-order valence-corrected chi connectivity index (χ1v) is 3.50. The van der Waals surface area contributed by atoms with Crippen molar-refractivity contribution < 1.29 is 18.7 Å². The van der Waals surface area contributed by atoms with E-state index in [0.29, 0.717) is 11.8 Å². The number of rotatable bonds is 2. The number of aldehydes is 1. The second-order valence-corrected chi connectivity index (χ2v) is 2.51. The van der Waals surface area contributed by atoms with Crippen molar-refractivity contribution in [1.82, 2.24) is 4.98 Å². The van der Waals surface area contributed by atoms with Crippen LogP contribution in [0.15, 0.2) is 6.07 Å². The van der Waals surface area contributed by atoms with Crippen molar-refractivity contribution in [1.29, 1.82) is 0 Å². The first kappa shape index (κ1) is 9.57. The third-order valence-corrected chi connectivity index (χ3v) is 1.58. The van der Waals surface area contributed by atoms with Crippen LogP contribution < -0.4 is 0 Å². The third-order valence-electron chi connectivity index (χ3n) is 1.58. The summed E-state index contributed by atoms with van der Waals surface area (Å²) in [6.45, 7) is 1.51. The Kier molecular flexibility index (Phi) is 2.55. The van der Waals surface area contributed by atoms with Crippen LogP contribution in [0, 0.1) is 6.92 Å². The molecule has 5 heteroatoms. The highest BCUT2D eigenvalue weighted by Crippen LogP contribution is 2.27. The molecule has 3 nitrogen and oxygen atoms in total. The molecular weight excluding hydrogens is 180 g/mol. The molecule has 0 bridgehead atoms. The maximum Gasteiger partial charge on any atom is 0.284 e. The Morgan fingerprint density at radius 3 is 2.69 bits per heavy atom. The van der Waals surface area contributed by atoms with E-state index in [1.807, 2.05) is 0 Å². The smallest absolute Gasteiger partial charge is 0.284 e. The number of hydrogen-bond acceptors (Lipinski definition) is 3.